The van der Waals surface area contributed by atoms with E-state index in [0.29, 0.717) is 25.7 Å². The SMILES string of the molecule is C=CC(=O)[O-].O=C([O-])C(C(C(=O)O)(C1CCCCC1)C1CCCCC1)S(=O)(=O)O.[Na+].[Na+]. The number of hydrogen-bond acceptors (Lipinski definition) is 7. The molecule has 0 saturated heterocycles. The van der Waals surface area contributed by atoms with Gasteiger partial charge in [-0.3, -0.25) is 9.35 Å². The van der Waals surface area contributed by atoms with E-state index in [4.69, 9.17) is 9.90 Å². The summed E-state index contributed by atoms with van der Waals surface area (Å²) in [5.41, 5.74) is -2.02. The molecule has 0 aromatic heterocycles. The first-order chi connectivity index (χ1) is 13.5. The molecule has 31 heavy (non-hydrogen) atoms. The van der Waals surface area contributed by atoms with Gasteiger partial charge in [0.2, 0.25) is 0 Å². The molecular weight excluding hydrogens is 450 g/mol. The Labute approximate surface area is 227 Å². The van der Waals surface area contributed by atoms with E-state index in [2.05, 4.69) is 6.58 Å². The molecule has 0 spiro atoms. The molecule has 0 aliphatic heterocycles. The summed E-state index contributed by atoms with van der Waals surface area (Å²) in [4.78, 5) is 33.2. The Kier molecular flexibility index (Phi) is 16.1. The number of carbonyl (C=O) groups excluding carboxylic acids is 2. The van der Waals surface area contributed by atoms with Crippen molar-refractivity contribution in [2.75, 3.05) is 0 Å². The van der Waals surface area contributed by atoms with Crippen molar-refractivity contribution in [3.63, 3.8) is 0 Å². The summed E-state index contributed by atoms with van der Waals surface area (Å²) in [7, 11) is -5.11. The van der Waals surface area contributed by atoms with E-state index in [9.17, 15) is 32.8 Å². The number of carbonyl (C=O) groups is 3. The molecule has 0 aromatic carbocycles. The van der Waals surface area contributed by atoms with Crippen molar-refractivity contribution < 1.29 is 102 Å². The van der Waals surface area contributed by atoms with E-state index in [-0.39, 0.29) is 59.1 Å². The Balaban J connectivity index is 0. The van der Waals surface area contributed by atoms with Crippen molar-refractivity contribution in [2.24, 2.45) is 17.3 Å². The van der Waals surface area contributed by atoms with Crippen LogP contribution in [0.1, 0.15) is 64.2 Å². The van der Waals surface area contributed by atoms with Crippen LogP contribution in [0.3, 0.4) is 0 Å². The Morgan fingerprint density at radius 2 is 1.23 bits per heavy atom. The molecule has 9 nitrogen and oxygen atoms in total. The second-order valence-electron chi connectivity index (χ2n) is 7.65. The first-order valence-corrected chi connectivity index (χ1v) is 11.2. The van der Waals surface area contributed by atoms with Crippen LogP contribution in [0, 0.1) is 17.3 Å². The van der Waals surface area contributed by atoms with Gasteiger partial charge in [-0.05, 0) is 43.6 Å². The van der Waals surface area contributed by atoms with Crippen LogP contribution in [-0.2, 0) is 24.5 Å². The quantitative estimate of drug-likeness (QED) is 0.205. The van der Waals surface area contributed by atoms with Gasteiger partial charge in [0.25, 0.3) is 10.1 Å². The molecule has 0 heterocycles. The van der Waals surface area contributed by atoms with Crippen LogP contribution in [0.4, 0.5) is 0 Å². The molecular formula is C19H28Na2O9S. The first-order valence-electron chi connectivity index (χ1n) is 9.73. The van der Waals surface area contributed by atoms with Gasteiger partial charge in [-0.2, -0.15) is 8.42 Å². The van der Waals surface area contributed by atoms with Crippen molar-refractivity contribution in [1.82, 2.24) is 0 Å². The van der Waals surface area contributed by atoms with E-state index >= 15 is 0 Å². The minimum absolute atomic E-state index is 0. The molecule has 1 unspecified atom stereocenters. The average molecular weight is 478 g/mol. The van der Waals surface area contributed by atoms with Gasteiger partial charge >= 0.3 is 65.1 Å². The minimum Gasteiger partial charge on any atom is -0.549 e. The maximum absolute atomic E-state index is 12.3. The van der Waals surface area contributed by atoms with Gasteiger partial charge in [-0.25, -0.2) is 0 Å². The van der Waals surface area contributed by atoms with Crippen molar-refractivity contribution in [3.05, 3.63) is 12.7 Å². The second-order valence-corrected chi connectivity index (χ2v) is 9.15. The van der Waals surface area contributed by atoms with Crippen LogP contribution in [0.25, 0.3) is 0 Å². The summed E-state index contributed by atoms with van der Waals surface area (Å²) in [6.45, 7) is 2.90. The van der Waals surface area contributed by atoms with Gasteiger partial charge in [-0.1, -0.05) is 45.1 Å². The Morgan fingerprint density at radius 1 is 0.903 bits per heavy atom. The van der Waals surface area contributed by atoms with Gasteiger partial charge in [0, 0.05) is 0 Å². The smallest absolute Gasteiger partial charge is 0.549 e. The third-order valence-electron chi connectivity index (χ3n) is 6.04. The van der Waals surface area contributed by atoms with E-state index in [1.165, 1.54) is 0 Å². The monoisotopic (exact) mass is 478 g/mol. The summed E-state index contributed by atoms with van der Waals surface area (Å²) < 4.78 is 33.3. The molecule has 166 valence electrons. The van der Waals surface area contributed by atoms with E-state index in [1.54, 1.807) is 0 Å². The molecule has 2 aliphatic rings. The summed E-state index contributed by atoms with van der Waals surface area (Å²) in [6.07, 6.45) is 7.33. The first kappa shape index (κ1) is 33.2. The number of carboxylic acids is 3. The third kappa shape index (κ3) is 8.73. The Bertz CT molecular complexity index is 694. The fourth-order valence-corrected chi connectivity index (χ4v) is 6.17. The molecule has 0 aromatic rings. The number of aliphatic carboxylic acids is 3. The molecule has 0 bridgehead atoms. The van der Waals surface area contributed by atoms with Crippen molar-refractivity contribution >= 4 is 28.0 Å². The predicted octanol–water partition coefficient (Wildman–Crippen LogP) is -5.85. The van der Waals surface area contributed by atoms with Crippen LogP contribution in [0.15, 0.2) is 12.7 Å². The summed E-state index contributed by atoms with van der Waals surface area (Å²) in [5, 5.41) is 28.4. The molecule has 2 aliphatic carbocycles. The van der Waals surface area contributed by atoms with E-state index in [0.717, 1.165) is 44.6 Å². The van der Waals surface area contributed by atoms with Crippen molar-refractivity contribution in [3.8, 4) is 0 Å². The number of rotatable bonds is 7. The third-order valence-corrected chi connectivity index (χ3v) is 7.22. The van der Waals surface area contributed by atoms with Crippen LogP contribution in [-0.4, -0.2) is 41.2 Å². The van der Waals surface area contributed by atoms with Crippen LogP contribution >= 0.6 is 0 Å². The molecule has 2 saturated carbocycles. The van der Waals surface area contributed by atoms with Crippen LogP contribution in [0.5, 0.6) is 0 Å². The zero-order valence-electron chi connectivity index (χ0n) is 18.2. The zero-order valence-corrected chi connectivity index (χ0v) is 23.1. The largest absolute Gasteiger partial charge is 1.00 e. The molecule has 0 amide bonds. The zero-order chi connectivity index (χ0) is 22.2. The normalized spacial score (nSPS) is 18.7. The van der Waals surface area contributed by atoms with Crippen molar-refractivity contribution in [1.29, 1.82) is 0 Å². The van der Waals surface area contributed by atoms with Gasteiger partial charge in [-0.15, -0.1) is 0 Å². The van der Waals surface area contributed by atoms with Crippen molar-refractivity contribution in [2.45, 2.75) is 69.5 Å². The standard InChI is InChI=1S/C16H26O7S.C3H4O2.2Na/c17-14(18)13(24(21,22)23)16(15(19)20,11-7-3-1-4-8-11)12-9-5-2-6-10-12;1-2-3(4)5;;/h11-13H,1-10H2,(H,17,18)(H,19,20)(H,21,22,23);2H,1H2,(H,4,5);;/q;;2*+1/p-2. The number of carboxylic acid groups (broad SMARTS) is 3. The van der Waals surface area contributed by atoms with Gasteiger partial charge in [0.05, 0.1) is 17.4 Å². The molecule has 12 heteroatoms. The van der Waals surface area contributed by atoms with Gasteiger partial charge in [0.15, 0.2) is 0 Å². The summed E-state index contributed by atoms with van der Waals surface area (Å²) in [5.74, 6) is -5.86. The summed E-state index contributed by atoms with van der Waals surface area (Å²) in [6, 6.07) is 0. The summed E-state index contributed by atoms with van der Waals surface area (Å²) >= 11 is 0. The maximum atomic E-state index is 12.3. The Hall–Kier alpha value is 0.0600. The fourth-order valence-electron chi connectivity index (χ4n) is 4.95. The van der Waals surface area contributed by atoms with Gasteiger partial charge < -0.3 is 24.9 Å². The average Bonchev–Trinajstić information content (AvgIpc) is 2.66. The van der Waals surface area contributed by atoms with Crippen LogP contribution in [0.2, 0.25) is 0 Å². The second kappa shape index (κ2) is 15.1. The molecule has 1 atom stereocenters. The number of hydrogen-bond donors (Lipinski definition) is 2. The molecule has 2 N–H and O–H groups in total. The topological polar surface area (TPSA) is 172 Å². The Morgan fingerprint density at radius 3 is 1.42 bits per heavy atom. The maximum Gasteiger partial charge on any atom is 1.00 e. The molecule has 0 radical (unpaired) electrons. The fraction of sp³-hybridized carbons (Fsp3) is 0.737. The van der Waals surface area contributed by atoms with Gasteiger partial charge in [0.1, 0.15) is 5.25 Å². The van der Waals surface area contributed by atoms with E-state index in [1.807, 2.05) is 0 Å². The predicted molar refractivity (Wildman–Crippen MR) is 98.8 cm³/mol. The minimum atomic E-state index is -5.11. The van der Waals surface area contributed by atoms with E-state index < -0.39 is 50.5 Å². The molecule has 2 fully saturated rings. The van der Waals surface area contributed by atoms with Crippen LogP contribution < -0.4 is 69.3 Å². The molecule has 2 rings (SSSR count).